The Kier molecular flexibility index (Phi) is 5.21. The third kappa shape index (κ3) is 3.80. The predicted molar refractivity (Wildman–Crippen MR) is 67.3 cm³/mol. The van der Waals surface area contributed by atoms with Crippen LogP contribution in [0, 0.1) is 10.1 Å². The molecule has 1 rings (SSSR count). The number of nitrogens with zero attached hydrogens (tertiary/aromatic N) is 4. The number of nitro benzene ring substituents is 1. The van der Waals surface area contributed by atoms with Gasteiger partial charge in [-0.15, -0.1) is 0 Å². The molecule has 0 heterocycles. The normalized spacial score (nSPS) is 10.1. The summed E-state index contributed by atoms with van der Waals surface area (Å²) in [6.07, 6.45) is 3.89. The molecule has 0 fully saturated rings. The van der Waals surface area contributed by atoms with E-state index in [4.69, 9.17) is 10.3 Å². The molecule has 94 valence electrons. The van der Waals surface area contributed by atoms with Crippen LogP contribution in [0.3, 0.4) is 0 Å². The van der Waals surface area contributed by atoms with Crippen LogP contribution in [0.5, 0.6) is 5.75 Å². The van der Waals surface area contributed by atoms with Crippen LogP contribution in [0.4, 0.5) is 5.69 Å². The zero-order valence-electron chi connectivity index (χ0n) is 9.81. The monoisotopic (exact) mass is 248 g/mol. The number of benzene rings is 1. The van der Waals surface area contributed by atoms with E-state index in [0.717, 1.165) is 0 Å². The van der Waals surface area contributed by atoms with Gasteiger partial charge in [-0.2, -0.15) is 0 Å². The fourth-order valence-corrected chi connectivity index (χ4v) is 1.34. The molecule has 0 N–H and O–H groups in total. The molecule has 0 spiro atoms. The van der Waals surface area contributed by atoms with Crippen molar-refractivity contribution in [2.75, 3.05) is 13.7 Å². The van der Waals surface area contributed by atoms with Crippen LogP contribution in [0.25, 0.3) is 16.5 Å². The first-order valence-corrected chi connectivity index (χ1v) is 5.19. The van der Waals surface area contributed by atoms with Crippen LogP contribution in [0.1, 0.15) is 12.0 Å². The molecule has 0 radical (unpaired) electrons. The summed E-state index contributed by atoms with van der Waals surface area (Å²) in [6.45, 7) is 0.330. The second-order valence-electron chi connectivity index (χ2n) is 3.33. The summed E-state index contributed by atoms with van der Waals surface area (Å²) < 4.78 is 4.93. The molecule has 0 saturated heterocycles. The topological polar surface area (TPSA) is 101 Å². The van der Waals surface area contributed by atoms with Crippen molar-refractivity contribution in [3.63, 3.8) is 0 Å². The second-order valence-corrected chi connectivity index (χ2v) is 3.33. The van der Waals surface area contributed by atoms with Gasteiger partial charge in [-0.1, -0.05) is 17.3 Å². The van der Waals surface area contributed by atoms with Crippen LogP contribution in [0.2, 0.25) is 0 Å². The van der Waals surface area contributed by atoms with Gasteiger partial charge in [0.1, 0.15) is 5.75 Å². The zero-order chi connectivity index (χ0) is 13.4. The molecule has 0 aromatic heterocycles. The van der Waals surface area contributed by atoms with E-state index in [0.29, 0.717) is 24.3 Å². The maximum atomic E-state index is 10.9. The van der Waals surface area contributed by atoms with Gasteiger partial charge in [-0.3, -0.25) is 10.1 Å². The van der Waals surface area contributed by atoms with Gasteiger partial charge in [0, 0.05) is 11.5 Å². The van der Waals surface area contributed by atoms with E-state index in [1.165, 1.54) is 13.2 Å². The van der Waals surface area contributed by atoms with Gasteiger partial charge in [0.25, 0.3) is 5.69 Å². The van der Waals surface area contributed by atoms with Crippen molar-refractivity contribution in [2.24, 2.45) is 5.11 Å². The molecule has 7 heteroatoms. The Bertz CT molecular complexity index is 507. The van der Waals surface area contributed by atoms with E-state index >= 15 is 0 Å². The fourth-order valence-electron chi connectivity index (χ4n) is 1.34. The number of rotatable bonds is 6. The van der Waals surface area contributed by atoms with Gasteiger partial charge in [-0.05, 0) is 24.1 Å². The SMILES string of the molecule is COc1ccc(C=CCCN=[N+]=[N-])c([N+](=O)[O-])c1. The lowest BCUT2D eigenvalue weighted by Crippen LogP contribution is -1.93. The quantitative estimate of drug-likeness (QED) is 0.193. The fraction of sp³-hybridized carbons (Fsp3) is 0.273. The van der Waals surface area contributed by atoms with Crippen molar-refractivity contribution in [3.05, 3.63) is 50.4 Å². The number of azide groups is 1. The Hall–Kier alpha value is -2.53. The maximum absolute atomic E-state index is 10.9. The lowest BCUT2D eigenvalue weighted by molar-refractivity contribution is -0.385. The Morgan fingerprint density at radius 1 is 1.61 bits per heavy atom. The van der Waals surface area contributed by atoms with Gasteiger partial charge in [-0.25, -0.2) is 0 Å². The van der Waals surface area contributed by atoms with Crippen molar-refractivity contribution in [1.29, 1.82) is 0 Å². The predicted octanol–water partition coefficient (Wildman–Crippen LogP) is 3.32. The summed E-state index contributed by atoms with van der Waals surface area (Å²) in [5, 5.41) is 14.2. The van der Waals surface area contributed by atoms with Gasteiger partial charge in [0.2, 0.25) is 0 Å². The smallest absolute Gasteiger partial charge is 0.280 e. The molecule has 0 amide bonds. The highest BCUT2D eigenvalue weighted by atomic mass is 16.6. The molecule has 0 unspecified atom stereocenters. The number of methoxy groups -OCH3 is 1. The van der Waals surface area contributed by atoms with E-state index in [2.05, 4.69) is 10.0 Å². The average Bonchev–Trinajstić information content (AvgIpc) is 2.38. The summed E-state index contributed by atoms with van der Waals surface area (Å²) in [7, 11) is 1.45. The van der Waals surface area contributed by atoms with Crippen molar-refractivity contribution in [3.8, 4) is 5.75 Å². The molecule has 1 aromatic carbocycles. The first-order valence-electron chi connectivity index (χ1n) is 5.19. The van der Waals surface area contributed by atoms with Crippen molar-refractivity contribution < 1.29 is 9.66 Å². The van der Waals surface area contributed by atoms with Crippen molar-refractivity contribution in [1.82, 2.24) is 0 Å². The van der Waals surface area contributed by atoms with Crippen molar-refractivity contribution >= 4 is 11.8 Å². The molecular formula is C11H12N4O3. The number of hydrogen-bond donors (Lipinski definition) is 0. The minimum absolute atomic E-state index is 0.0191. The van der Waals surface area contributed by atoms with E-state index in [-0.39, 0.29) is 5.69 Å². The van der Waals surface area contributed by atoms with Crippen LogP contribution in [-0.4, -0.2) is 18.6 Å². The Labute approximate surface area is 103 Å². The second kappa shape index (κ2) is 6.93. The van der Waals surface area contributed by atoms with Crippen LogP contribution in [-0.2, 0) is 0 Å². The molecule has 0 aliphatic heterocycles. The standard InChI is InChI=1S/C11H12N4O3/c1-18-10-6-5-9(11(8-10)15(16)17)4-2-3-7-13-14-12/h2,4-6,8H,3,7H2,1H3. The number of nitro groups is 1. The summed E-state index contributed by atoms with van der Waals surface area (Å²) in [6, 6.07) is 4.63. The summed E-state index contributed by atoms with van der Waals surface area (Å²) in [4.78, 5) is 13.0. The Balaban J connectivity index is 2.87. The zero-order valence-corrected chi connectivity index (χ0v) is 9.81. The lowest BCUT2D eigenvalue weighted by Gasteiger charge is -2.01. The molecule has 0 saturated carbocycles. The molecule has 0 aliphatic carbocycles. The molecule has 18 heavy (non-hydrogen) atoms. The molecule has 0 bridgehead atoms. The maximum Gasteiger partial charge on any atom is 0.280 e. The van der Waals surface area contributed by atoms with Crippen LogP contribution in [0.15, 0.2) is 29.4 Å². The highest BCUT2D eigenvalue weighted by Gasteiger charge is 2.12. The van der Waals surface area contributed by atoms with Crippen LogP contribution < -0.4 is 4.74 Å². The highest BCUT2D eigenvalue weighted by molar-refractivity contribution is 5.62. The lowest BCUT2D eigenvalue weighted by atomic mass is 10.1. The third-order valence-corrected chi connectivity index (χ3v) is 2.19. The molecule has 1 aromatic rings. The van der Waals surface area contributed by atoms with Crippen LogP contribution >= 0.6 is 0 Å². The van der Waals surface area contributed by atoms with Gasteiger partial charge in [0.05, 0.1) is 23.7 Å². The molecule has 0 aliphatic rings. The third-order valence-electron chi connectivity index (χ3n) is 2.19. The summed E-state index contributed by atoms with van der Waals surface area (Å²) in [5.41, 5.74) is 8.56. The Morgan fingerprint density at radius 2 is 2.39 bits per heavy atom. The highest BCUT2D eigenvalue weighted by Crippen LogP contribution is 2.25. The molecule has 7 nitrogen and oxygen atoms in total. The molecular weight excluding hydrogens is 236 g/mol. The first kappa shape index (κ1) is 13.5. The van der Waals surface area contributed by atoms with E-state index in [1.807, 2.05) is 0 Å². The van der Waals surface area contributed by atoms with Gasteiger partial charge in [0.15, 0.2) is 0 Å². The summed E-state index contributed by atoms with van der Waals surface area (Å²) >= 11 is 0. The van der Waals surface area contributed by atoms with Gasteiger partial charge >= 0.3 is 0 Å². The largest absolute Gasteiger partial charge is 0.497 e. The number of hydrogen-bond acceptors (Lipinski definition) is 4. The van der Waals surface area contributed by atoms with E-state index in [1.54, 1.807) is 24.3 Å². The van der Waals surface area contributed by atoms with E-state index < -0.39 is 4.92 Å². The Morgan fingerprint density at radius 3 is 3.00 bits per heavy atom. The van der Waals surface area contributed by atoms with Gasteiger partial charge < -0.3 is 4.74 Å². The van der Waals surface area contributed by atoms with E-state index in [9.17, 15) is 10.1 Å². The average molecular weight is 248 g/mol. The summed E-state index contributed by atoms with van der Waals surface area (Å²) in [5.74, 6) is 0.438. The minimum atomic E-state index is -0.463. The molecule has 0 atom stereocenters. The van der Waals surface area contributed by atoms with Crippen molar-refractivity contribution in [2.45, 2.75) is 6.42 Å². The first-order chi connectivity index (χ1) is 8.69. The minimum Gasteiger partial charge on any atom is -0.497 e. The number of ether oxygens (including phenoxy) is 1.